The number of nitrogens with two attached hydrogens (primary N) is 1. The van der Waals surface area contributed by atoms with E-state index in [9.17, 15) is 0 Å². The van der Waals surface area contributed by atoms with Crippen LogP contribution in [0.4, 0.5) is 0 Å². The van der Waals surface area contributed by atoms with E-state index in [2.05, 4.69) is 31.1 Å². The first-order valence-corrected chi connectivity index (χ1v) is 6.27. The zero-order valence-corrected chi connectivity index (χ0v) is 10.6. The third kappa shape index (κ3) is 9.57. The number of nitrogens with zero attached hydrogens (tertiary/aromatic N) is 1. The van der Waals surface area contributed by atoms with Crippen molar-refractivity contribution in [3.8, 4) is 0 Å². The minimum absolute atomic E-state index is 0.446. The van der Waals surface area contributed by atoms with Gasteiger partial charge in [-0.1, -0.05) is 39.5 Å². The first-order valence-electron chi connectivity index (χ1n) is 6.27. The van der Waals surface area contributed by atoms with E-state index in [-0.39, 0.29) is 0 Å². The van der Waals surface area contributed by atoms with Gasteiger partial charge in [-0.2, -0.15) is 0 Å². The van der Waals surface area contributed by atoms with Crippen LogP contribution >= 0.6 is 0 Å². The van der Waals surface area contributed by atoms with Gasteiger partial charge in [0.1, 0.15) is 0 Å². The van der Waals surface area contributed by atoms with E-state index in [1.54, 1.807) is 0 Å². The Bertz CT molecular complexity index is 166. The van der Waals surface area contributed by atoms with Gasteiger partial charge in [-0.25, -0.2) is 0 Å². The highest BCUT2D eigenvalue weighted by Crippen LogP contribution is 2.02. The Morgan fingerprint density at radius 1 is 1.20 bits per heavy atom. The molecule has 0 saturated carbocycles. The van der Waals surface area contributed by atoms with E-state index < -0.39 is 0 Å². The summed E-state index contributed by atoms with van der Waals surface area (Å²) in [5.74, 6) is 0.604. The van der Waals surface area contributed by atoms with Crippen LogP contribution in [-0.4, -0.2) is 18.5 Å². The van der Waals surface area contributed by atoms with Crippen LogP contribution < -0.4 is 11.1 Å². The van der Waals surface area contributed by atoms with Gasteiger partial charge < -0.3 is 11.1 Å². The van der Waals surface area contributed by atoms with Crippen molar-refractivity contribution < 1.29 is 0 Å². The van der Waals surface area contributed by atoms with E-state index in [0.717, 1.165) is 13.0 Å². The number of unbranched alkanes of at least 4 members (excludes halogenated alkanes) is 3. The Hall–Kier alpha value is -0.730. The van der Waals surface area contributed by atoms with Crippen molar-refractivity contribution in [3.05, 3.63) is 0 Å². The average Bonchev–Trinajstić information content (AvgIpc) is 2.18. The molecular weight excluding hydrogens is 186 g/mol. The molecule has 1 unspecified atom stereocenters. The SMILES string of the molecule is CCCCCC(C)NC(N)=NCCCC. The molecule has 0 aliphatic rings. The largest absolute Gasteiger partial charge is 0.370 e. The highest BCUT2D eigenvalue weighted by atomic mass is 15.1. The molecule has 3 nitrogen and oxygen atoms in total. The third-order valence-corrected chi connectivity index (χ3v) is 2.43. The first kappa shape index (κ1) is 14.3. The molecule has 0 fully saturated rings. The molecule has 0 radical (unpaired) electrons. The molecule has 0 saturated heterocycles. The van der Waals surface area contributed by atoms with Gasteiger partial charge in [0, 0.05) is 12.6 Å². The standard InChI is InChI=1S/C12H27N3/c1-4-6-8-9-11(3)15-12(13)14-10-7-5-2/h11H,4-10H2,1-3H3,(H3,13,14,15). The van der Waals surface area contributed by atoms with Crippen LogP contribution in [0.2, 0.25) is 0 Å². The van der Waals surface area contributed by atoms with Gasteiger partial charge in [-0.3, -0.25) is 4.99 Å². The molecule has 0 rings (SSSR count). The summed E-state index contributed by atoms with van der Waals surface area (Å²) in [7, 11) is 0. The topological polar surface area (TPSA) is 50.4 Å². The molecule has 3 N–H and O–H groups in total. The van der Waals surface area contributed by atoms with Gasteiger partial charge in [-0.05, 0) is 19.8 Å². The lowest BCUT2D eigenvalue weighted by Crippen LogP contribution is -2.38. The normalized spacial score (nSPS) is 13.9. The molecule has 0 aliphatic carbocycles. The summed E-state index contributed by atoms with van der Waals surface area (Å²) in [5, 5.41) is 3.23. The molecule has 90 valence electrons. The molecule has 0 heterocycles. The minimum atomic E-state index is 0.446. The predicted octanol–water partition coefficient (Wildman–Crippen LogP) is 2.66. The molecule has 15 heavy (non-hydrogen) atoms. The number of rotatable bonds is 8. The molecule has 3 heteroatoms. The van der Waals surface area contributed by atoms with Crippen molar-refractivity contribution in [2.45, 2.75) is 65.3 Å². The smallest absolute Gasteiger partial charge is 0.188 e. The van der Waals surface area contributed by atoms with Gasteiger partial charge in [0.15, 0.2) is 5.96 Å². The van der Waals surface area contributed by atoms with Crippen molar-refractivity contribution >= 4 is 5.96 Å². The quantitative estimate of drug-likeness (QED) is 0.370. The average molecular weight is 213 g/mol. The fraction of sp³-hybridized carbons (Fsp3) is 0.917. The van der Waals surface area contributed by atoms with Crippen LogP contribution in [0.25, 0.3) is 0 Å². The lowest BCUT2D eigenvalue weighted by atomic mass is 10.1. The highest BCUT2D eigenvalue weighted by Gasteiger charge is 2.01. The maximum atomic E-state index is 5.76. The number of guanidine groups is 1. The number of aliphatic imine (C=N–C) groups is 1. The van der Waals surface area contributed by atoms with Gasteiger partial charge in [-0.15, -0.1) is 0 Å². The molecule has 0 aromatic rings. The molecule has 0 aromatic heterocycles. The second kappa shape index (κ2) is 9.81. The molecule has 0 amide bonds. The van der Waals surface area contributed by atoms with Crippen molar-refractivity contribution in [1.29, 1.82) is 0 Å². The van der Waals surface area contributed by atoms with Crippen LogP contribution in [0, 0.1) is 0 Å². The van der Waals surface area contributed by atoms with Crippen LogP contribution in [-0.2, 0) is 0 Å². The monoisotopic (exact) mass is 213 g/mol. The fourth-order valence-corrected chi connectivity index (χ4v) is 1.43. The Kier molecular flexibility index (Phi) is 9.33. The van der Waals surface area contributed by atoms with E-state index in [1.807, 2.05) is 0 Å². The van der Waals surface area contributed by atoms with E-state index in [0.29, 0.717) is 12.0 Å². The number of hydrogen-bond acceptors (Lipinski definition) is 1. The maximum Gasteiger partial charge on any atom is 0.188 e. The second-order valence-corrected chi connectivity index (χ2v) is 4.16. The summed E-state index contributed by atoms with van der Waals surface area (Å²) in [6.07, 6.45) is 7.31. The molecule has 0 bridgehead atoms. The van der Waals surface area contributed by atoms with Crippen molar-refractivity contribution in [2.24, 2.45) is 10.7 Å². The van der Waals surface area contributed by atoms with Crippen LogP contribution in [0.1, 0.15) is 59.3 Å². The molecular formula is C12H27N3. The van der Waals surface area contributed by atoms with E-state index in [1.165, 1.54) is 32.1 Å². The van der Waals surface area contributed by atoms with Crippen LogP contribution in [0.3, 0.4) is 0 Å². The summed E-state index contributed by atoms with van der Waals surface area (Å²) < 4.78 is 0. The number of nitrogens with one attached hydrogen (secondary N) is 1. The Morgan fingerprint density at radius 3 is 2.47 bits per heavy atom. The van der Waals surface area contributed by atoms with Crippen molar-refractivity contribution in [1.82, 2.24) is 5.32 Å². The third-order valence-electron chi connectivity index (χ3n) is 2.43. The zero-order valence-electron chi connectivity index (χ0n) is 10.6. The summed E-state index contributed by atoms with van der Waals surface area (Å²) in [4.78, 5) is 4.27. The Morgan fingerprint density at radius 2 is 1.87 bits per heavy atom. The predicted molar refractivity (Wildman–Crippen MR) is 68.1 cm³/mol. The Balaban J connectivity index is 3.55. The molecule has 0 aromatic carbocycles. The molecule has 1 atom stereocenters. The lowest BCUT2D eigenvalue weighted by molar-refractivity contribution is 0.551. The lowest BCUT2D eigenvalue weighted by Gasteiger charge is -2.13. The zero-order chi connectivity index (χ0) is 11.5. The summed E-state index contributed by atoms with van der Waals surface area (Å²) in [6, 6.07) is 0.446. The summed E-state index contributed by atoms with van der Waals surface area (Å²) in [5.41, 5.74) is 5.76. The highest BCUT2D eigenvalue weighted by molar-refractivity contribution is 5.78. The Labute approximate surface area is 94.5 Å². The molecule has 0 aliphatic heterocycles. The molecule has 0 spiro atoms. The van der Waals surface area contributed by atoms with Crippen molar-refractivity contribution in [3.63, 3.8) is 0 Å². The van der Waals surface area contributed by atoms with Gasteiger partial charge >= 0.3 is 0 Å². The number of hydrogen-bond donors (Lipinski definition) is 2. The first-order chi connectivity index (χ1) is 7.20. The van der Waals surface area contributed by atoms with Gasteiger partial charge in [0.2, 0.25) is 0 Å². The maximum absolute atomic E-state index is 5.76. The van der Waals surface area contributed by atoms with Crippen LogP contribution in [0.15, 0.2) is 4.99 Å². The van der Waals surface area contributed by atoms with Crippen molar-refractivity contribution in [2.75, 3.05) is 6.54 Å². The fourth-order valence-electron chi connectivity index (χ4n) is 1.43. The summed E-state index contributed by atoms with van der Waals surface area (Å²) >= 11 is 0. The summed E-state index contributed by atoms with van der Waals surface area (Å²) in [6.45, 7) is 7.39. The van der Waals surface area contributed by atoms with Gasteiger partial charge in [0.05, 0.1) is 0 Å². The van der Waals surface area contributed by atoms with E-state index >= 15 is 0 Å². The minimum Gasteiger partial charge on any atom is -0.370 e. The van der Waals surface area contributed by atoms with E-state index in [4.69, 9.17) is 5.73 Å². The van der Waals surface area contributed by atoms with Gasteiger partial charge in [0.25, 0.3) is 0 Å². The van der Waals surface area contributed by atoms with Crippen LogP contribution in [0.5, 0.6) is 0 Å². The second-order valence-electron chi connectivity index (χ2n) is 4.16.